The highest BCUT2D eigenvalue weighted by molar-refractivity contribution is 8.18. The molecule has 0 spiro atoms. The minimum absolute atomic E-state index is 0.131. The van der Waals surface area contributed by atoms with Crippen LogP contribution in [0.3, 0.4) is 0 Å². The predicted octanol–water partition coefficient (Wildman–Crippen LogP) is 6.34. The number of amides is 1. The zero-order valence-electron chi connectivity index (χ0n) is 17.5. The smallest absolute Gasteiger partial charge is 0.264 e. The Morgan fingerprint density at radius 1 is 0.875 bits per heavy atom. The summed E-state index contributed by atoms with van der Waals surface area (Å²) in [6.45, 7) is 2.09. The molecule has 4 nitrogen and oxygen atoms in total. The molecule has 0 radical (unpaired) electrons. The number of benzene rings is 3. The maximum Gasteiger partial charge on any atom is 0.264 e. The van der Waals surface area contributed by atoms with Crippen molar-refractivity contribution in [3.05, 3.63) is 113 Å². The van der Waals surface area contributed by atoms with Crippen molar-refractivity contribution in [3.8, 4) is 16.9 Å². The van der Waals surface area contributed by atoms with E-state index < -0.39 is 0 Å². The first-order chi connectivity index (χ1) is 15.7. The van der Waals surface area contributed by atoms with Crippen LogP contribution in [0.2, 0.25) is 0 Å². The first kappa shape index (κ1) is 20.1. The Balaban J connectivity index is 1.59. The monoisotopic (exact) mass is 435 g/mol. The Kier molecular flexibility index (Phi) is 5.48. The molecule has 5 heteroatoms. The molecule has 3 aromatic carbocycles. The summed E-state index contributed by atoms with van der Waals surface area (Å²) in [7, 11) is 0. The van der Waals surface area contributed by atoms with Crippen LogP contribution in [-0.2, 0) is 4.79 Å². The van der Waals surface area contributed by atoms with Crippen molar-refractivity contribution in [1.29, 1.82) is 0 Å². The van der Waals surface area contributed by atoms with Crippen molar-refractivity contribution in [2.45, 2.75) is 6.92 Å². The van der Waals surface area contributed by atoms with Gasteiger partial charge in [0.15, 0.2) is 5.17 Å². The topological polar surface area (TPSA) is 46.4 Å². The Morgan fingerprint density at radius 2 is 1.50 bits per heavy atom. The molecule has 1 aliphatic rings. The lowest BCUT2D eigenvalue weighted by Crippen LogP contribution is -2.19. The van der Waals surface area contributed by atoms with E-state index in [1.165, 1.54) is 11.8 Å². The van der Waals surface area contributed by atoms with Gasteiger partial charge in [-0.3, -0.25) is 4.79 Å². The number of amidine groups is 1. The highest BCUT2D eigenvalue weighted by Gasteiger charge is 2.25. The van der Waals surface area contributed by atoms with Crippen LogP contribution in [0, 0.1) is 6.92 Å². The molecule has 0 unspecified atom stereocenters. The fourth-order valence-corrected chi connectivity index (χ4v) is 4.65. The first-order valence-electron chi connectivity index (χ1n) is 10.4. The molecule has 1 fully saturated rings. The van der Waals surface area contributed by atoms with Crippen molar-refractivity contribution < 1.29 is 4.79 Å². The van der Waals surface area contributed by atoms with E-state index in [0.29, 0.717) is 10.1 Å². The number of hydrogen-bond acceptors (Lipinski definition) is 3. The number of nitrogens with one attached hydrogen (secondary N) is 1. The van der Waals surface area contributed by atoms with Gasteiger partial charge in [-0.2, -0.15) is 0 Å². The van der Waals surface area contributed by atoms with Gasteiger partial charge in [0.1, 0.15) is 0 Å². The molecule has 1 saturated heterocycles. The minimum Gasteiger partial charge on any atom is -0.313 e. The number of aryl methyl sites for hydroxylation is 1. The quantitative estimate of drug-likeness (QED) is 0.380. The average molecular weight is 436 g/mol. The van der Waals surface area contributed by atoms with Gasteiger partial charge in [0.25, 0.3) is 5.91 Å². The zero-order valence-corrected chi connectivity index (χ0v) is 18.3. The summed E-state index contributed by atoms with van der Waals surface area (Å²) in [5, 5.41) is 3.47. The van der Waals surface area contributed by atoms with Crippen LogP contribution in [-0.4, -0.2) is 15.6 Å². The van der Waals surface area contributed by atoms with Gasteiger partial charge in [0, 0.05) is 16.9 Å². The molecule has 5 rings (SSSR count). The van der Waals surface area contributed by atoms with E-state index in [-0.39, 0.29) is 5.91 Å². The fraction of sp³-hybridized carbons (Fsp3) is 0.0370. The van der Waals surface area contributed by atoms with Gasteiger partial charge >= 0.3 is 0 Å². The third-order valence-corrected chi connectivity index (χ3v) is 6.11. The molecule has 0 saturated carbocycles. The normalized spacial score (nSPS) is 16.0. The molecule has 1 aromatic heterocycles. The number of para-hydroxylation sites is 2. The van der Waals surface area contributed by atoms with Crippen molar-refractivity contribution in [2.75, 3.05) is 0 Å². The lowest BCUT2D eigenvalue weighted by Gasteiger charge is -2.13. The molecule has 156 valence electrons. The van der Waals surface area contributed by atoms with Gasteiger partial charge in [0.2, 0.25) is 0 Å². The Bertz CT molecular complexity index is 1320. The number of aromatic nitrogens is 1. The number of hydrogen-bond donors (Lipinski definition) is 1. The number of aliphatic imine (C=N–C) groups is 1. The van der Waals surface area contributed by atoms with Crippen molar-refractivity contribution >= 4 is 34.6 Å². The van der Waals surface area contributed by atoms with Gasteiger partial charge in [-0.15, -0.1) is 0 Å². The number of rotatable bonds is 4. The van der Waals surface area contributed by atoms with Gasteiger partial charge < -0.3 is 9.88 Å². The zero-order chi connectivity index (χ0) is 21.9. The van der Waals surface area contributed by atoms with Crippen LogP contribution < -0.4 is 5.32 Å². The standard InChI is InChI=1S/C27H21N3OS/c1-19-17-21(18-24-26(31)29-27(32-24)28-22-13-7-3-8-14-22)25(20-11-5-2-6-12-20)30(19)23-15-9-4-10-16-23/h2-18H,1H3,(H,28,29,31)/b24-18-. The molecule has 0 aliphatic carbocycles. The number of carbonyl (C=O) groups is 1. The maximum atomic E-state index is 12.7. The minimum atomic E-state index is -0.131. The van der Waals surface area contributed by atoms with E-state index in [0.717, 1.165) is 33.9 Å². The molecule has 32 heavy (non-hydrogen) atoms. The van der Waals surface area contributed by atoms with E-state index in [1.54, 1.807) is 0 Å². The van der Waals surface area contributed by atoms with Crippen LogP contribution >= 0.6 is 11.8 Å². The third-order valence-electron chi connectivity index (χ3n) is 5.20. The molecule has 0 atom stereocenters. The summed E-state index contributed by atoms with van der Waals surface area (Å²) in [5.74, 6) is -0.131. The van der Waals surface area contributed by atoms with Crippen LogP contribution in [0.25, 0.3) is 23.0 Å². The molecule has 2 heterocycles. The summed E-state index contributed by atoms with van der Waals surface area (Å²) in [4.78, 5) is 17.9. The average Bonchev–Trinajstić information content (AvgIpc) is 3.34. The molecule has 4 aromatic rings. The molecule has 1 aliphatic heterocycles. The van der Waals surface area contributed by atoms with E-state index in [4.69, 9.17) is 0 Å². The molecular formula is C27H21N3OS. The summed E-state index contributed by atoms with van der Waals surface area (Å²) in [6.07, 6.45) is 1.96. The van der Waals surface area contributed by atoms with Crippen molar-refractivity contribution in [1.82, 2.24) is 9.88 Å². The molecule has 1 N–H and O–H groups in total. The van der Waals surface area contributed by atoms with E-state index in [9.17, 15) is 4.79 Å². The second-order valence-corrected chi connectivity index (χ2v) is 8.47. The highest BCUT2D eigenvalue weighted by Crippen LogP contribution is 2.35. The summed E-state index contributed by atoms with van der Waals surface area (Å²) < 4.78 is 2.23. The molecule has 1 amide bonds. The summed E-state index contributed by atoms with van der Waals surface area (Å²) in [6, 6.07) is 32.3. The van der Waals surface area contributed by atoms with Crippen LogP contribution in [0.15, 0.2) is 107 Å². The van der Waals surface area contributed by atoms with Crippen LogP contribution in [0.1, 0.15) is 11.3 Å². The highest BCUT2D eigenvalue weighted by atomic mass is 32.2. The van der Waals surface area contributed by atoms with Crippen molar-refractivity contribution in [3.63, 3.8) is 0 Å². The largest absolute Gasteiger partial charge is 0.313 e. The second-order valence-electron chi connectivity index (χ2n) is 7.44. The van der Waals surface area contributed by atoms with Crippen LogP contribution in [0.4, 0.5) is 5.69 Å². The van der Waals surface area contributed by atoms with E-state index in [2.05, 4.69) is 52.1 Å². The number of carbonyl (C=O) groups excluding carboxylic acids is 1. The lowest BCUT2D eigenvalue weighted by atomic mass is 10.1. The molecular weight excluding hydrogens is 414 g/mol. The Morgan fingerprint density at radius 3 is 2.19 bits per heavy atom. The SMILES string of the molecule is Cc1cc(/C=C2\SC(=Nc3ccccc3)NC2=O)c(-c2ccccc2)n1-c1ccccc1. The van der Waals surface area contributed by atoms with E-state index >= 15 is 0 Å². The van der Waals surface area contributed by atoms with Crippen molar-refractivity contribution in [2.24, 2.45) is 4.99 Å². The number of thioether (sulfide) groups is 1. The summed E-state index contributed by atoms with van der Waals surface area (Å²) >= 11 is 1.36. The van der Waals surface area contributed by atoms with Gasteiger partial charge in [-0.25, -0.2) is 4.99 Å². The Hall–Kier alpha value is -3.83. The molecule has 0 bridgehead atoms. The number of nitrogens with zero attached hydrogens (tertiary/aromatic N) is 2. The second kappa shape index (κ2) is 8.73. The third kappa shape index (κ3) is 4.03. The predicted molar refractivity (Wildman–Crippen MR) is 133 cm³/mol. The van der Waals surface area contributed by atoms with Crippen LogP contribution in [0.5, 0.6) is 0 Å². The van der Waals surface area contributed by atoms with Gasteiger partial charge in [0.05, 0.1) is 16.3 Å². The fourth-order valence-electron chi connectivity index (χ4n) is 3.82. The van der Waals surface area contributed by atoms with Gasteiger partial charge in [-0.05, 0) is 60.7 Å². The first-order valence-corrected chi connectivity index (χ1v) is 11.2. The lowest BCUT2D eigenvalue weighted by molar-refractivity contribution is -0.115. The Labute approximate surface area is 191 Å². The summed E-state index contributed by atoms with van der Waals surface area (Å²) in [5.41, 5.74) is 6.15. The van der Waals surface area contributed by atoms with E-state index in [1.807, 2.05) is 72.8 Å². The maximum absolute atomic E-state index is 12.7. The van der Waals surface area contributed by atoms with Gasteiger partial charge in [-0.1, -0.05) is 66.7 Å².